The maximum absolute atomic E-state index is 14.3. The Morgan fingerprint density at radius 1 is 1.09 bits per heavy atom. The lowest BCUT2D eigenvalue weighted by atomic mass is 9.96. The molecule has 1 N–H and O–H groups in total. The van der Waals surface area contributed by atoms with E-state index in [0.717, 1.165) is 31.2 Å². The van der Waals surface area contributed by atoms with Crippen molar-refractivity contribution in [2.45, 2.75) is 69.0 Å². The molecular formula is C36H44N4O6S. The fraction of sp³-hybridized carbons (Fsp3) is 0.444. The number of sulfonamides is 1. The molecule has 11 heteroatoms. The van der Waals surface area contributed by atoms with Crippen LogP contribution >= 0.6 is 0 Å². The highest BCUT2D eigenvalue weighted by Crippen LogP contribution is 2.34. The summed E-state index contributed by atoms with van der Waals surface area (Å²) in [5.41, 5.74) is 1.34. The second-order valence-corrected chi connectivity index (χ2v) is 14.2. The van der Waals surface area contributed by atoms with E-state index in [0.29, 0.717) is 17.1 Å². The standard InChI is InChI=1S/C36H44N4O6S/c1-26-23-40(27(2)25-45-32-17-15-31(44-4)16-18-32)47(42,43)35-19-14-28(12-13-29-9-8-20-37-22-29)21-33(35)46-34(26)24-39(3)36(41)38-30-10-6-5-7-11-30/h8-9,14-22,26-27,30,34H,5-7,10-11,23-25H2,1-4H3,(H,38,41)/t26-,27+,34+/m1/s1. The molecule has 2 heterocycles. The van der Waals surface area contributed by atoms with Crippen molar-refractivity contribution in [3.63, 3.8) is 0 Å². The Balaban J connectivity index is 1.42. The number of rotatable bonds is 8. The molecule has 3 atom stereocenters. The summed E-state index contributed by atoms with van der Waals surface area (Å²) in [5, 5.41) is 3.17. The molecule has 0 spiro atoms. The monoisotopic (exact) mass is 660 g/mol. The number of hydrogen-bond acceptors (Lipinski definition) is 7. The van der Waals surface area contributed by atoms with Crippen molar-refractivity contribution in [3.8, 4) is 29.1 Å². The maximum Gasteiger partial charge on any atom is 0.317 e. The van der Waals surface area contributed by atoms with Crippen LogP contribution in [0.4, 0.5) is 4.79 Å². The first kappa shape index (κ1) is 34.1. The summed E-state index contributed by atoms with van der Waals surface area (Å²) in [6, 6.07) is 15.2. The Morgan fingerprint density at radius 2 is 1.81 bits per heavy atom. The van der Waals surface area contributed by atoms with Crippen molar-refractivity contribution in [2.75, 3.05) is 33.9 Å². The lowest BCUT2D eigenvalue weighted by Crippen LogP contribution is -2.52. The van der Waals surface area contributed by atoms with E-state index < -0.39 is 22.2 Å². The van der Waals surface area contributed by atoms with Gasteiger partial charge in [-0.05, 0) is 74.4 Å². The number of fused-ring (bicyclic) bond motifs is 1. The van der Waals surface area contributed by atoms with Gasteiger partial charge in [0.2, 0.25) is 10.0 Å². The lowest BCUT2D eigenvalue weighted by Gasteiger charge is -2.38. The van der Waals surface area contributed by atoms with Crippen LogP contribution in [0.1, 0.15) is 57.1 Å². The van der Waals surface area contributed by atoms with Gasteiger partial charge in [0.15, 0.2) is 0 Å². The summed E-state index contributed by atoms with van der Waals surface area (Å²) in [5.74, 6) is 7.43. The van der Waals surface area contributed by atoms with Crippen molar-refractivity contribution < 1.29 is 27.4 Å². The van der Waals surface area contributed by atoms with Gasteiger partial charge in [0, 0.05) is 49.1 Å². The third kappa shape index (κ3) is 8.76. The van der Waals surface area contributed by atoms with Crippen molar-refractivity contribution in [2.24, 2.45) is 5.92 Å². The maximum atomic E-state index is 14.3. The van der Waals surface area contributed by atoms with Gasteiger partial charge in [-0.3, -0.25) is 4.98 Å². The predicted octanol–water partition coefficient (Wildman–Crippen LogP) is 5.32. The number of benzene rings is 2. The molecule has 2 amide bonds. The molecule has 47 heavy (non-hydrogen) atoms. The summed E-state index contributed by atoms with van der Waals surface area (Å²) < 4.78 is 47.8. The molecule has 1 aromatic heterocycles. The first-order valence-electron chi connectivity index (χ1n) is 16.2. The van der Waals surface area contributed by atoms with Gasteiger partial charge >= 0.3 is 6.03 Å². The van der Waals surface area contributed by atoms with Crippen LogP contribution in [0.3, 0.4) is 0 Å². The molecule has 5 rings (SSSR count). The molecule has 1 aliphatic heterocycles. The van der Waals surface area contributed by atoms with Gasteiger partial charge in [0.05, 0.1) is 19.7 Å². The van der Waals surface area contributed by atoms with E-state index in [4.69, 9.17) is 14.2 Å². The number of likely N-dealkylation sites (N-methyl/N-ethyl adjacent to an activating group) is 1. The number of ether oxygens (including phenoxy) is 3. The number of hydrogen-bond donors (Lipinski definition) is 1. The molecule has 3 aromatic rings. The van der Waals surface area contributed by atoms with Crippen LogP contribution in [0.5, 0.6) is 17.2 Å². The average Bonchev–Trinajstić information content (AvgIpc) is 3.08. The molecule has 2 aliphatic rings. The van der Waals surface area contributed by atoms with Gasteiger partial charge in [-0.1, -0.05) is 38.0 Å². The van der Waals surface area contributed by atoms with Crippen molar-refractivity contribution >= 4 is 16.1 Å². The number of methoxy groups -OCH3 is 1. The van der Waals surface area contributed by atoms with E-state index in [1.807, 2.05) is 19.9 Å². The SMILES string of the molecule is COc1ccc(OC[C@H](C)N2C[C@@H](C)[C@H](CN(C)C(=O)NC3CCCCC3)Oc3cc(C#Cc4cccnc4)ccc3S2(=O)=O)cc1. The zero-order valence-corrected chi connectivity index (χ0v) is 28.3. The average molecular weight is 661 g/mol. The van der Waals surface area contributed by atoms with Crippen molar-refractivity contribution in [3.05, 3.63) is 78.1 Å². The fourth-order valence-electron chi connectivity index (χ4n) is 5.87. The lowest BCUT2D eigenvalue weighted by molar-refractivity contribution is 0.0819. The first-order chi connectivity index (χ1) is 22.6. The van der Waals surface area contributed by atoms with Crippen LogP contribution < -0.4 is 19.5 Å². The van der Waals surface area contributed by atoms with E-state index in [-0.39, 0.29) is 48.3 Å². The molecule has 1 saturated carbocycles. The molecule has 0 unspecified atom stereocenters. The number of carbonyl (C=O) groups is 1. The minimum absolute atomic E-state index is 0.0481. The highest BCUT2D eigenvalue weighted by atomic mass is 32.2. The highest BCUT2D eigenvalue weighted by Gasteiger charge is 2.39. The van der Waals surface area contributed by atoms with Gasteiger partial charge in [0.1, 0.15) is 34.9 Å². The fourth-order valence-corrected chi connectivity index (χ4v) is 7.69. The van der Waals surface area contributed by atoms with E-state index in [9.17, 15) is 13.2 Å². The zero-order valence-electron chi connectivity index (χ0n) is 27.5. The third-order valence-electron chi connectivity index (χ3n) is 8.70. The van der Waals surface area contributed by atoms with Gasteiger partial charge in [0.25, 0.3) is 0 Å². The predicted molar refractivity (Wildman–Crippen MR) is 180 cm³/mol. The normalized spacial score (nSPS) is 20.2. The van der Waals surface area contributed by atoms with Crippen LogP contribution in [0.2, 0.25) is 0 Å². The Bertz CT molecular complexity index is 1670. The van der Waals surface area contributed by atoms with Crippen LogP contribution in [0.15, 0.2) is 71.9 Å². The Kier molecular flexibility index (Phi) is 11.3. The molecule has 1 aliphatic carbocycles. The van der Waals surface area contributed by atoms with E-state index >= 15 is 0 Å². The Morgan fingerprint density at radius 3 is 2.51 bits per heavy atom. The summed E-state index contributed by atoms with van der Waals surface area (Å²) >= 11 is 0. The zero-order chi connectivity index (χ0) is 33.4. The number of nitrogens with zero attached hydrogens (tertiary/aromatic N) is 3. The summed E-state index contributed by atoms with van der Waals surface area (Å²) in [4.78, 5) is 19.0. The molecule has 0 saturated heterocycles. The van der Waals surface area contributed by atoms with Crippen molar-refractivity contribution in [1.82, 2.24) is 19.5 Å². The summed E-state index contributed by atoms with van der Waals surface area (Å²) in [6.07, 6.45) is 8.25. The van der Waals surface area contributed by atoms with Gasteiger partial charge in [-0.15, -0.1) is 0 Å². The smallest absolute Gasteiger partial charge is 0.317 e. The number of aromatic nitrogens is 1. The van der Waals surface area contributed by atoms with Gasteiger partial charge in [-0.2, -0.15) is 4.31 Å². The summed E-state index contributed by atoms with van der Waals surface area (Å²) in [6.45, 7) is 4.38. The minimum atomic E-state index is -4.00. The second kappa shape index (κ2) is 15.5. The summed E-state index contributed by atoms with van der Waals surface area (Å²) in [7, 11) is -0.655. The molecule has 10 nitrogen and oxygen atoms in total. The minimum Gasteiger partial charge on any atom is -0.497 e. The van der Waals surface area contributed by atoms with E-state index in [1.54, 1.807) is 80.0 Å². The molecule has 0 bridgehead atoms. The molecule has 250 valence electrons. The number of urea groups is 1. The topological polar surface area (TPSA) is 110 Å². The van der Waals surface area contributed by atoms with Crippen LogP contribution in [0, 0.1) is 17.8 Å². The second-order valence-electron chi connectivity index (χ2n) is 12.4. The third-order valence-corrected chi connectivity index (χ3v) is 10.7. The number of pyridine rings is 1. The van der Waals surface area contributed by atoms with E-state index in [1.165, 1.54) is 10.7 Å². The van der Waals surface area contributed by atoms with Crippen LogP contribution in [-0.4, -0.2) is 80.7 Å². The van der Waals surface area contributed by atoms with Crippen LogP contribution in [-0.2, 0) is 10.0 Å². The van der Waals surface area contributed by atoms with Crippen molar-refractivity contribution in [1.29, 1.82) is 0 Å². The molecule has 1 fully saturated rings. The van der Waals surface area contributed by atoms with Gasteiger partial charge < -0.3 is 24.4 Å². The number of carbonyl (C=O) groups excluding carboxylic acids is 1. The van der Waals surface area contributed by atoms with E-state index in [2.05, 4.69) is 22.1 Å². The quantitative estimate of drug-likeness (QED) is 0.326. The Hall–Kier alpha value is -4.27. The molecule has 2 aromatic carbocycles. The first-order valence-corrected chi connectivity index (χ1v) is 17.6. The van der Waals surface area contributed by atoms with Gasteiger partial charge in [-0.25, -0.2) is 13.2 Å². The largest absolute Gasteiger partial charge is 0.497 e. The Labute approximate surface area is 278 Å². The highest BCUT2D eigenvalue weighted by molar-refractivity contribution is 7.89. The number of amides is 2. The molecule has 0 radical (unpaired) electrons. The van der Waals surface area contributed by atoms with Crippen LogP contribution in [0.25, 0.3) is 0 Å². The number of nitrogens with one attached hydrogen (secondary N) is 1. The molecular weight excluding hydrogens is 616 g/mol.